The number of carbonyl (C=O) groups excluding carboxylic acids is 1. The third-order valence-electron chi connectivity index (χ3n) is 2.77. The molecular weight excluding hydrogens is 332 g/mol. The van der Waals surface area contributed by atoms with E-state index in [1.54, 1.807) is 18.2 Å². The highest BCUT2D eigenvalue weighted by atomic mass is 79.9. The van der Waals surface area contributed by atoms with E-state index in [-0.39, 0.29) is 12.0 Å². The van der Waals surface area contributed by atoms with Crippen LogP contribution in [-0.2, 0) is 0 Å². The van der Waals surface area contributed by atoms with Gasteiger partial charge in [-0.2, -0.15) is 0 Å². The first kappa shape index (κ1) is 15.5. The van der Waals surface area contributed by atoms with Crippen LogP contribution in [0.25, 0.3) is 0 Å². The van der Waals surface area contributed by atoms with Gasteiger partial charge in [-0.3, -0.25) is 4.79 Å². The largest absolute Gasteiger partial charge is 0.491 e. The highest BCUT2D eigenvalue weighted by Gasteiger charge is 2.10. The third kappa shape index (κ3) is 4.29. The van der Waals surface area contributed by atoms with E-state index < -0.39 is 0 Å². The Hall–Kier alpha value is -1.88. The molecule has 0 spiro atoms. The van der Waals surface area contributed by atoms with Crippen molar-refractivity contribution in [2.75, 3.05) is 5.32 Å². The van der Waals surface area contributed by atoms with Crippen LogP contribution in [-0.4, -0.2) is 17.0 Å². The Morgan fingerprint density at radius 2 is 2.05 bits per heavy atom. The number of halogens is 1. The van der Waals surface area contributed by atoms with E-state index in [2.05, 4.69) is 26.2 Å². The summed E-state index contributed by atoms with van der Waals surface area (Å²) in [4.78, 5) is 16.3. The SMILES string of the molecule is Cc1cc(OC(C)C)ccc1NC(=O)c1cccc(Br)n1. The lowest BCUT2D eigenvalue weighted by molar-refractivity contribution is 0.102. The van der Waals surface area contributed by atoms with Gasteiger partial charge in [-0.1, -0.05) is 6.07 Å². The molecule has 2 rings (SSSR count). The molecule has 0 saturated heterocycles. The van der Waals surface area contributed by atoms with Gasteiger partial charge in [-0.15, -0.1) is 0 Å². The maximum atomic E-state index is 12.2. The lowest BCUT2D eigenvalue weighted by Crippen LogP contribution is -2.14. The zero-order valence-corrected chi connectivity index (χ0v) is 13.8. The molecule has 5 heteroatoms. The van der Waals surface area contributed by atoms with Crippen molar-refractivity contribution in [2.45, 2.75) is 26.9 Å². The first-order valence-electron chi connectivity index (χ1n) is 6.67. The van der Waals surface area contributed by atoms with E-state index in [0.717, 1.165) is 17.0 Å². The minimum Gasteiger partial charge on any atom is -0.491 e. The van der Waals surface area contributed by atoms with Crippen LogP contribution < -0.4 is 10.1 Å². The summed E-state index contributed by atoms with van der Waals surface area (Å²) in [6, 6.07) is 10.8. The predicted molar refractivity (Wildman–Crippen MR) is 86.8 cm³/mol. The first-order valence-corrected chi connectivity index (χ1v) is 7.46. The number of nitrogens with one attached hydrogen (secondary N) is 1. The second kappa shape index (κ2) is 6.72. The Morgan fingerprint density at radius 1 is 1.29 bits per heavy atom. The van der Waals surface area contributed by atoms with Crippen molar-refractivity contribution in [1.29, 1.82) is 0 Å². The molecule has 21 heavy (non-hydrogen) atoms. The van der Waals surface area contributed by atoms with Gasteiger partial charge < -0.3 is 10.1 Å². The molecule has 0 aliphatic carbocycles. The topological polar surface area (TPSA) is 51.2 Å². The van der Waals surface area contributed by atoms with E-state index in [1.807, 2.05) is 39.0 Å². The number of nitrogens with zero attached hydrogens (tertiary/aromatic N) is 1. The summed E-state index contributed by atoms with van der Waals surface area (Å²) in [5.41, 5.74) is 2.06. The summed E-state index contributed by atoms with van der Waals surface area (Å²) in [5.74, 6) is 0.554. The summed E-state index contributed by atoms with van der Waals surface area (Å²) < 4.78 is 6.26. The van der Waals surface area contributed by atoms with E-state index >= 15 is 0 Å². The molecule has 1 aromatic carbocycles. The molecule has 1 aromatic heterocycles. The van der Waals surface area contributed by atoms with Crippen LogP contribution in [0, 0.1) is 6.92 Å². The molecule has 1 N–H and O–H groups in total. The van der Waals surface area contributed by atoms with Gasteiger partial charge in [0.05, 0.1) is 6.10 Å². The normalized spacial score (nSPS) is 10.5. The molecule has 110 valence electrons. The van der Waals surface area contributed by atoms with Gasteiger partial charge in [-0.25, -0.2) is 4.98 Å². The molecule has 1 heterocycles. The second-order valence-electron chi connectivity index (χ2n) is 4.94. The Morgan fingerprint density at radius 3 is 2.67 bits per heavy atom. The van der Waals surface area contributed by atoms with Gasteiger partial charge in [0, 0.05) is 5.69 Å². The molecule has 4 nitrogen and oxygen atoms in total. The van der Waals surface area contributed by atoms with Crippen LogP contribution in [0.2, 0.25) is 0 Å². The average molecular weight is 349 g/mol. The van der Waals surface area contributed by atoms with Crippen molar-refractivity contribution < 1.29 is 9.53 Å². The number of benzene rings is 1. The summed E-state index contributed by atoms with van der Waals surface area (Å²) in [6.07, 6.45) is 0.121. The molecule has 0 aliphatic rings. The van der Waals surface area contributed by atoms with Gasteiger partial charge >= 0.3 is 0 Å². The molecule has 1 amide bonds. The average Bonchev–Trinajstić information content (AvgIpc) is 2.41. The number of hydrogen-bond donors (Lipinski definition) is 1. The number of ether oxygens (including phenoxy) is 1. The van der Waals surface area contributed by atoms with Crippen LogP contribution in [0.4, 0.5) is 5.69 Å². The number of aryl methyl sites for hydroxylation is 1. The van der Waals surface area contributed by atoms with Crippen molar-refractivity contribution in [3.8, 4) is 5.75 Å². The fraction of sp³-hybridized carbons (Fsp3) is 0.250. The van der Waals surface area contributed by atoms with Gasteiger partial charge in [-0.05, 0) is 72.6 Å². The zero-order chi connectivity index (χ0) is 15.4. The monoisotopic (exact) mass is 348 g/mol. The van der Waals surface area contributed by atoms with Crippen molar-refractivity contribution >= 4 is 27.5 Å². The van der Waals surface area contributed by atoms with E-state index in [9.17, 15) is 4.79 Å². The number of anilines is 1. The number of carbonyl (C=O) groups is 1. The van der Waals surface area contributed by atoms with Crippen molar-refractivity contribution in [3.63, 3.8) is 0 Å². The predicted octanol–water partition coefficient (Wildman–Crippen LogP) is 4.19. The van der Waals surface area contributed by atoms with Crippen molar-refractivity contribution in [3.05, 3.63) is 52.3 Å². The number of rotatable bonds is 4. The molecule has 0 radical (unpaired) electrons. The summed E-state index contributed by atoms with van der Waals surface area (Å²) >= 11 is 3.26. The minimum absolute atomic E-state index is 0.121. The van der Waals surface area contributed by atoms with Gasteiger partial charge in [0.2, 0.25) is 0 Å². The Kier molecular flexibility index (Phi) is 4.96. The fourth-order valence-corrected chi connectivity index (χ4v) is 2.19. The molecule has 0 saturated carbocycles. The Bertz CT molecular complexity index is 656. The van der Waals surface area contributed by atoms with Crippen LogP contribution in [0.3, 0.4) is 0 Å². The van der Waals surface area contributed by atoms with Crippen LogP contribution >= 0.6 is 15.9 Å². The Labute approximate surface area is 132 Å². The van der Waals surface area contributed by atoms with Crippen molar-refractivity contribution in [2.24, 2.45) is 0 Å². The first-order chi connectivity index (χ1) is 9.95. The Balaban J connectivity index is 2.14. The van der Waals surface area contributed by atoms with E-state index in [0.29, 0.717) is 10.3 Å². The van der Waals surface area contributed by atoms with Crippen molar-refractivity contribution in [1.82, 2.24) is 4.98 Å². The van der Waals surface area contributed by atoms with Gasteiger partial charge in [0.1, 0.15) is 16.0 Å². The number of aromatic nitrogens is 1. The number of pyridine rings is 1. The molecule has 0 bridgehead atoms. The summed E-state index contributed by atoms with van der Waals surface area (Å²) in [7, 11) is 0. The standard InChI is InChI=1S/C16H17BrN2O2/c1-10(2)21-12-7-8-13(11(3)9-12)19-16(20)14-5-4-6-15(17)18-14/h4-10H,1-3H3,(H,19,20). The number of amides is 1. The lowest BCUT2D eigenvalue weighted by Gasteiger charge is -2.13. The maximum Gasteiger partial charge on any atom is 0.274 e. The summed E-state index contributed by atoms with van der Waals surface area (Å²) in [5, 5.41) is 2.86. The zero-order valence-electron chi connectivity index (χ0n) is 12.2. The summed E-state index contributed by atoms with van der Waals surface area (Å²) in [6.45, 7) is 5.88. The highest BCUT2D eigenvalue weighted by molar-refractivity contribution is 9.10. The van der Waals surface area contributed by atoms with Gasteiger partial charge in [0.25, 0.3) is 5.91 Å². The van der Waals surface area contributed by atoms with E-state index in [4.69, 9.17) is 4.74 Å². The van der Waals surface area contributed by atoms with Crippen LogP contribution in [0.5, 0.6) is 5.75 Å². The molecular formula is C16H17BrN2O2. The van der Waals surface area contributed by atoms with Gasteiger partial charge in [0.15, 0.2) is 0 Å². The molecule has 2 aromatic rings. The second-order valence-corrected chi connectivity index (χ2v) is 5.76. The minimum atomic E-state index is -0.239. The highest BCUT2D eigenvalue weighted by Crippen LogP contribution is 2.22. The molecule has 0 aliphatic heterocycles. The molecule has 0 fully saturated rings. The van der Waals surface area contributed by atoms with Crippen LogP contribution in [0.1, 0.15) is 29.9 Å². The lowest BCUT2D eigenvalue weighted by atomic mass is 10.2. The quantitative estimate of drug-likeness (QED) is 0.842. The van der Waals surface area contributed by atoms with Crippen LogP contribution in [0.15, 0.2) is 41.0 Å². The van der Waals surface area contributed by atoms with E-state index in [1.165, 1.54) is 0 Å². The third-order valence-corrected chi connectivity index (χ3v) is 3.21. The maximum absolute atomic E-state index is 12.2. The number of hydrogen-bond acceptors (Lipinski definition) is 3. The fourth-order valence-electron chi connectivity index (χ4n) is 1.84. The molecule has 0 unspecified atom stereocenters. The smallest absolute Gasteiger partial charge is 0.274 e. The molecule has 0 atom stereocenters.